The van der Waals surface area contributed by atoms with E-state index in [0.717, 1.165) is 18.5 Å². The van der Waals surface area contributed by atoms with Crippen molar-refractivity contribution in [2.45, 2.75) is 6.42 Å². The Morgan fingerprint density at radius 2 is 2.00 bits per heavy atom. The zero-order valence-electron chi connectivity index (χ0n) is 9.69. The Balaban J connectivity index is 2.74. The maximum absolute atomic E-state index is 11.7. The van der Waals surface area contributed by atoms with Gasteiger partial charge in [0, 0.05) is 5.56 Å². The summed E-state index contributed by atoms with van der Waals surface area (Å²) in [6, 6.07) is 7.19. The first-order valence-corrected chi connectivity index (χ1v) is 5.37. The standard InChI is InChI=1S/C12H16N2O3/c1-13-7-6-9-4-2-3-5-10(9)12(17)14-8-11(15)16/h2-5,13H,6-8H2,1H3,(H,14,17)(H,15,16). The SMILES string of the molecule is CNCCc1ccccc1C(=O)NCC(=O)O. The number of benzene rings is 1. The summed E-state index contributed by atoms with van der Waals surface area (Å²) >= 11 is 0. The molecule has 0 aliphatic heterocycles. The van der Waals surface area contributed by atoms with Crippen LogP contribution in [0.3, 0.4) is 0 Å². The first-order valence-electron chi connectivity index (χ1n) is 5.37. The van der Waals surface area contributed by atoms with Crippen LogP contribution in [-0.4, -0.2) is 37.1 Å². The minimum absolute atomic E-state index is 0.348. The zero-order chi connectivity index (χ0) is 12.7. The molecule has 0 aliphatic rings. The van der Waals surface area contributed by atoms with Crippen LogP contribution in [0.1, 0.15) is 15.9 Å². The number of aliphatic carboxylic acids is 1. The minimum atomic E-state index is -1.05. The predicted octanol–water partition coefficient (Wildman–Crippen LogP) is 0.263. The molecule has 3 N–H and O–H groups in total. The van der Waals surface area contributed by atoms with Crippen LogP contribution in [-0.2, 0) is 11.2 Å². The molecule has 0 saturated heterocycles. The van der Waals surface area contributed by atoms with Gasteiger partial charge in [-0.2, -0.15) is 0 Å². The largest absolute Gasteiger partial charge is 0.480 e. The van der Waals surface area contributed by atoms with Crippen LogP contribution in [0.4, 0.5) is 0 Å². The number of carboxylic acid groups (broad SMARTS) is 1. The van der Waals surface area contributed by atoms with E-state index in [-0.39, 0.29) is 12.5 Å². The average Bonchev–Trinajstić information content (AvgIpc) is 2.33. The zero-order valence-corrected chi connectivity index (χ0v) is 9.69. The first-order chi connectivity index (χ1) is 8.15. The quantitative estimate of drug-likeness (QED) is 0.662. The highest BCUT2D eigenvalue weighted by Crippen LogP contribution is 2.09. The molecule has 1 rings (SSSR count). The molecule has 0 aliphatic carbocycles. The van der Waals surface area contributed by atoms with E-state index in [2.05, 4.69) is 10.6 Å². The Bertz CT molecular complexity index is 404. The molecule has 5 nitrogen and oxygen atoms in total. The topological polar surface area (TPSA) is 78.4 Å². The highest BCUT2D eigenvalue weighted by atomic mass is 16.4. The van der Waals surface area contributed by atoms with Gasteiger partial charge in [-0.25, -0.2) is 0 Å². The number of hydrogen-bond acceptors (Lipinski definition) is 3. The Hall–Kier alpha value is -1.88. The van der Waals surface area contributed by atoms with E-state index >= 15 is 0 Å². The number of nitrogens with one attached hydrogen (secondary N) is 2. The molecule has 0 saturated carbocycles. The second kappa shape index (κ2) is 6.65. The summed E-state index contributed by atoms with van der Waals surface area (Å²) in [7, 11) is 1.84. The van der Waals surface area contributed by atoms with Crippen LogP contribution in [0.5, 0.6) is 0 Å². The fourth-order valence-electron chi connectivity index (χ4n) is 1.47. The number of hydrogen-bond donors (Lipinski definition) is 3. The molecule has 0 fully saturated rings. The van der Waals surface area contributed by atoms with Crippen molar-refractivity contribution in [3.05, 3.63) is 35.4 Å². The van der Waals surface area contributed by atoms with E-state index in [0.29, 0.717) is 5.56 Å². The normalized spacial score (nSPS) is 9.94. The molecule has 1 amide bonds. The molecular weight excluding hydrogens is 220 g/mol. The Labute approximate surface area is 99.8 Å². The maximum atomic E-state index is 11.7. The molecule has 0 bridgehead atoms. The van der Waals surface area contributed by atoms with Gasteiger partial charge in [0.15, 0.2) is 0 Å². The summed E-state index contributed by atoms with van der Waals surface area (Å²) < 4.78 is 0. The number of carboxylic acids is 1. The van der Waals surface area contributed by atoms with E-state index in [1.807, 2.05) is 19.2 Å². The molecule has 1 aromatic carbocycles. The van der Waals surface area contributed by atoms with Crippen LogP contribution >= 0.6 is 0 Å². The lowest BCUT2D eigenvalue weighted by molar-refractivity contribution is -0.135. The summed E-state index contributed by atoms with van der Waals surface area (Å²) in [6.07, 6.45) is 0.729. The number of rotatable bonds is 6. The Kier molecular flexibility index (Phi) is 5.16. The van der Waals surface area contributed by atoms with Gasteiger partial charge in [-0.15, -0.1) is 0 Å². The monoisotopic (exact) mass is 236 g/mol. The second-order valence-electron chi connectivity index (χ2n) is 3.59. The van der Waals surface area contributed by atoms with Crippen molar-refractivity contribution in [1.29, 1.82) is 0 Å². The number of carbonyl (C=O) groups is 2. The molecule has 0 heterocycles. The van der Waals surface area contributed by atoms with Crippen molar-refractivity contribution >= 4 is 11.9 Å². The van der Waals surface area contributed by atoms with Crippen molar-refractivity contribution in [3.63, 3.8) is 0 Å². The summed E-state index contributed by atoms with van der Waals surface area (Å²) in [4.78, 5) is 22.1. The van der Waals surface area contributed by atoms with Gasteiger partial charge in [-0.05, 0) is 31.6 Å². The van der Waals surface area contributed by atoms with Crippen LogP contribution in [0, 0.1) is 0 Å². The molecule has 0 aromatic heterocycles. The fourth-order valence-corrected chi connectivity index (χ4v) is 1.47. The lowest BCUT2D eigenvalue weighted by atomic mass is 10.0. The number of carbonyl (C=O) groups excluding carboxylic acids is 1. The molecule has 92 valence electrons. The molecule has 0 atom stereocenters. The Morgan fingerprint density at radius 3 is 2.65 bits per heavy atom. The average molecular weight is 236 g/mol. The van der Waals surface area contributed by atoms with Gasteiger partial charge < -0.3 is 15.7 Å². The summed E-state index contributed by atoms with van der Waals surface area (Å²) in [6.45, 7) is 0.405. The van der Waals surface area contributed by atoms with Crippen LogP contribution < -0.4 is 10.6 Å². The highest BCUT2D eigenvalue weighted by molar-refractivity contribution is 5.97. The predicted molar refractivity (Wildman–Crippen MR) is 64.0 cm³/mol. The molecule has 1 aromatic rings. The molecular formula is C12H16N2O3. The van der Waals surface area contributed by atoms with Gasteiger partial charge in [0.2, 0.25) is 0 Å². The van der Waals surface area contributed by atoms with E-state index in [1.165, 1.54) is 0 Å². The van der Waals surface area contributed by atoms with Gasteiger partial charge >= 0.3 is 5.97 Å². The summed E-state index contributed by atoms with van der Waals surface area (Å²) in [5, 5.41) is 13.9. The molecule has 0 unspecified atom stereocenters. The van der Waals surface area contributed by atoms with E-state index in [4.69, 9.17) is 5.11 Å². The smallest absolute Gasteiger partial charge is 0.322 e. The molecule has 0 spiro atoms. The van der Waals surface area contributed by atoms with Crippen molar-refractivity contribution in [2.24, 2.45) is 0 Å². The lowest BCUT2D eigenvalue weighted by Gasteiger charge is -2.08. The summed E-state index contributed by atoms with van der Waals surface area (Å²) in [5.74, 6) is -1.40. The van der Waals surface area contributed by atoms with Gasteiger partial charge in [-0.1, -0.05) is 18.2 Å². The maximum Gasteiger partial charge on any atom is 0.322 e. The van der Waals surface area contributed by atoms with Gasteiger partial charge in [-0.3, -0.25) is 9.59 Å². The summed E-state index contributed by atoms with van der Waals surface area (Å²) in [5.41, 5.74) is 1.44. The third-order valence-electron chi connectivity index (χ3n) is 2.31. The Morgan fingerprint density at radius 1 is 1.29 bits per heavy atom. The van der Waals surface area contributed by atoms with E-state index in [1.54, 1.807) is 12.1 Å². The van der Waals surface area contributed by atoms with Crippen molar-refractivity contribution in [3.8, 4) is 0 Å². The van der Waals surface area contributed by atoms with Crippen LogP contribution in [0.2, 0.25) is 0 Å². The first kappa shape index (κ1) is 13.2. The molecule has 5 heteroatoms. The third kappa shape index (κ3) is 4.24. The fraction of sp³-hybridized carbons (Fsp3) is 0.333. The highest BCUT2D eigenvalue weighted by Gasteiger charge is 2.10. The second-order valence-corrected chi connectivity index (χ2v) is 3.59. The lowest BCUT2D eigenvalue weighted by Crippen LogP contribution is -2.30. The van der Waals surface area contributed by atoms with Crippen LogP contribution in [0.15, 0.2) is 24.3 Å². The van der Waals surface area contributed by atoms with E-state index in [9.17, 15) is 9.59 Å². The molecule has 17 heavy (non-hydrogen) atoms. The van der Waals surface area contributed by atoms with Crippen molar-refractivity contribution in [1.82, 2.24) is 10.6 Å². The van der Waals surface area contributed by atoms with Gasteiger partial charge in [0.25, 0.3) is 5.91 Å². The van der Waals surface area contributed by atoms with Crippen molar-refractivity contribution < 1.29 is 14.7 Å². The van der Waals surface area contributed by atoms with E-state index < -0.39 is 5.97 Å². The van der Waals surface area contributed by atoms with Crippen LogP contribution in [0.25, 0.3) is 0 Å². The molecule has 0 radical (unpaired) electrons. The number of amides is 1. The minimum Gasteiger partial charge on any atom is -0.480 e. The number of likely N-dealkylation sites (N-methyl/N-ethyl adjacent to an activating group) is 1. The van der Waals surface area contributed by atoms with Crippen molar-refractivity contribution in [2.75, 3.05) is 20.1 Å². The van der Waals surface area contributed by atoms with Gasteiger partial charge in [0.05, 0.1) is 0 Å². The van der Waals surface area contributed by atoms with Gasteiger partial charge in [0.1, 0.15) is 6.54 Å². The third-order valence-corrected chi connectivity index (χ3v) is 2.31.